The molecule has 2 amide bonds. The predicted octanol–water partition coefficient (Wildman–Crippen LogP) is 7.98. The minimum absolute atomic E-state index is 0.346. The summed E-state index contributed by atoms with van der Waals surface area (Å²) in [6.07, 6.45) is 3.04. The van der Waals surface area contributed by atoms with Crippen molar-refractivity contribution in [2.45, 2.75) is 39.2 Å². The molecule has 0 radical (unpaired) electrons. The first-order valence-electron chi connectivity index (χ1n) is 17.7. The molecule has 6 aromatic rings. The lowest BCUT2D eigenvalue weighted by molar-refractivity contribution is -0.120. The third kappa shape index (κ3) is 11.0. The largest absolute Gasteiger partial charge is 0.366 e. The van der Waals surface area contributed by atoms with E-state index in [0.29, 0.717) is 17.5 Å². The molecule has 0 saturated heterocycles. The highest BCUT2D eigenvalue weighted by Crippen LogP contribution is 2.26. The molecule has 0 bridgehead atoms. The molecule has 0 aliphatic heterocycles. The predicted molar refractivity (Wildman–Crippen MR) is 219 cm³/mol. The molecule has 10 nitrogen and oxygen atoms in total. The Hall–Kier alpha value is -6.04. The van der Waals surface area contributed by atoms with Crippen molar-refractivity contribution in [3.8, 4) is 0 Å². The van der Waals surface area contributed by atoms with E-state index in [4.69, 9.17) is 5.73 Å². The molecule has 54 heavy (non-hydrogen) atoms. The number of para-hydroxylation sites is 1. The number of rotatable bonds is 14. The van der Waals surface area contributed by atoms with Crippen LogP contribution in [0.3, 0.4) is 0 Å². The summed E-state index contributed by atoms with van der Waals surface area (Å²) in [5.74, 6) is -1.16. The van der Waals surface area contributed by atoms with Gasteiger partial charge in [0.05, 0.1) is 30.1 Å². The number of ketones is 1. The lowest BCUT2D eigenvalue weighted by Crippen LogP contribution is -2.45. The van der Waals surface area contributed by atoms with Crippen molar-refractivity contribution < 1.29 is 22.8 Å². The number of hydrogen-bond acceptors (Lipinski definition) is 7. The van der Waals surface area contributed by atoms with Crippen molar-refractivity contribution in [3.63, 3.8) is 0 Å². The topological polar surface area (TPSA) is 159 Å². The molecule has 0 aliphatic carbocycles. The maximum Gasteiger partial charge on any atom is 0.252 e. The second kappa shape index (κ2) is 18.1. The molecule has 278 valence electrons. The molecule has 0 fully saturated rings. The van der Waals surface area contributed by atoms with E-state index in [2.05, 4.69) is 57.1 Å². The molecule has 0 spiro atoms. The molecule has 0 aliphatic rings. The fourth-order valence-electron chi connectivity index (χ4n) is 5.94. The SMILES string of the molecule is CCCCC(NC(=O)c1ccc(Nc2ccc3ccccc3c2)cc1C)C(=O)CNS(C)(=O)=O.NC(=O)c1ccccc1Nc1ccc2ccccc2c1. The highest BCUT2D eigenvalue weighted by atomic mass is 32.2. The number of hydrogen-bond donors (Lipinski definition) is 5. The third-order valence-electron chi connectivity index (χ3n) is 8.78. The Balaban J connectivity index is 0.000000237. The van der Waals surface area contributed by atoms with Gasteiger partial charge in [0.2, 0.25) is 10.0 Å². The summed E-state index contributed by atoms with van der Waals surface area (Å²) in [7, 11) is -3.49. The number of amides is 2. The molecule has 6 aromatic carbocycles. The van der Waals surface area contributed by atoms with Gasteiger partial charge in [0.15, 0.2) is 5.78 Å². The summed E-state index contributed by atoms with van der Waals surface area (Å²) in [5, 5.41) is 14.0. The normalized spacial score (nSPS) is 11.6. The molecule has 11 heteroatoms. The summed E-state index contributed by atoms with van der Waals surface area (Å²) in [6.45, 7) is 3.49. The second-order valence-corrected chi connectivity index (χ2v) is 14.9. The first kappa shape index (κ1) is 39.2. The van der Waals surface area contributed by atoms with Gasteiger partial charge in [-0.25, -0.2) is 13.1 Å². The van der Waals surface area contributed by atoms with Crippen LogP contribution in [0.25, 0.3) is 21.5 Å². The Labute approximate surface area is 316 Å². The van der Waals surface area contributed by atoms with Gasteiger partial charge in [-0.15, -0.1) is 0 Å². The number of carbonyl (C=O) groups excluding carboxylic acids is 3. The number of sulfonamides is 1. The van der Waals surface area contributed by atoms with E-state index in [1.165, 1.54) is 5.39 Å². The summed E-state index contributed by atoms with van der Waals surface area (Å²) in [5.41, 5.74) is 10.5. The molecule has 1 unspecified atom stereocenters. The first-order chi connectivity index (χ1) is 25.9. The Bertz CT molecular complexity index is 2400. The number of nitrogens with one attached hydrogen (secondary N) is 4. The van der Waals surface area contributed by atoms with E-state index in [-0.39, 0.29) is 18.2 Å². The van der Waals surface area contributed by atoms with E-state index in [9.17, 15) is 22.8 Å². The number of nitrogens with two attached hydrogens (primary N) is 1. The van der Waals surface area contributed by atoms with Crippen molar-refractivity contribution in [2.24, 2.45) is 5.73 Å². The Kier molecular flexibility index (Phi) is 13.2. The minimum Gasteiger partial charge on any atom is -0.366 e. The fraction of sp³-hybridized carbons (Fsp3) is 0.186. The Morgan fingerprint density at radius 3 is 1.78 bits per heavy atom. The zero-order valence-corrected chi connectivity index (χ0v) is 31.4. The summed E-state index contributed by atoms with van der Waals surface area (Å²) in [4.78, 5) is 36.9. The maximum atomic E-state index is 12.9. The number of unbranched alkanes of at least 4 members (excludes halogenated alkanes) is 1. The van der Waals surface area contributed by atoms with Crippen molar-refractivity contribution in [2.75, 3.05) is 23.4 Å². The highest BCUT2D eigenvalue weighted by molar-refractivity contribution is 7.88. The van der Waals surface area contributed by atoms with Gasteiger partial charge in [0.25, 0.3) is 11.8 Å². The van der Waals surface area contributed by atoms with Crippen molar-refractivity contribution in [3.05, 3.63) is 144 Å². The quantitative estimate of drug-likeness (QED) is 0.0757. The number of benzene rings is 6. The van der Waals surface area contributed by atoms with E-state index in [1.807, 2.05) is 86.6 Å². The molecular weight excluding hydrogens is 699 g/mol. The smallest absolute Gasteiger partial charge is 0.252 e. The average Bonchev–Trinajstić information content (AvgIpc) is 3.15. The number of Topliss-reactive ketones (excluding diaryl/α,β-unsaturated/α-hetero) is 1. The van der Waals surface area contributed by atoms with Crippen LogP contribution in [0.15, 0.2) is 127 Å². The van der Waals surface area contributed by atoms with E-state index >= 15 is 0 Å². The lowest BCUT2D eigenvalue weighted by atomic mass is 10.0. The van der Waals surface area contributed by atoms with Gasteiger partial charge in [-0.05, 0) is 95.1 Å². The van der Waals surface area contributed by atoms with E-state index in [1.54, 1.807) is 18.2 Å². The van der Waals surface area contributed by atoms with Crippen molar-refractivity contribution >= 4 is 71.9 Å². The number of aryl methyl sites for hydroxylation is 1. The van der Waals surface area contributed by atoms with Crippen LogP contribution in [-0.4, -0.2) is 44.9 Å². The van der Waals surface area contributed by atoms with Gasteiger partial charge in [0.1, 0.15) is 0 Å². The lowest BCUT2D eigenvalue weighted by Gasteiger charge is -2.19. The molecule has 6 rings (SSSR count). The molecule has 0 heterocycles. The number of carbonyl (C=O) groups is 3. The standard InChI is InChI=1S/C26H31N3O4S.C17H14N2O/c1-4-5-10-24(25(30)17-27-34(3,32)33)29-26(31)23-14-13-21(15-18(23)2)28-22-12-11-19-8-6-7-9-20(19)16-22;18-17(20)15-7-3-4-8-16(15)19-14-10-9-12-5-1-2-6-13(12)11-14/h6-9,11-16,24,27-28H,4-5,10,17H2,1-3H3,(H,29,31);1-11,19H,(H2,18,20). The molecular formula is C43H45N5O5S. The van der Waals surface area contributed by atoms with Gasteiger partial charge in [-0.2, -0.15) is 0 Å². The number of anilines is 4. The van der Waals surface area contributed by atoms with Crippen molar-refractivity contribution in [1.82, 2.24) is 10.0 Å². The molecule has 6 N–H and O–H groups in total. The van der Waals surface area contributed by atoms with Gasteiger partial charge in [-0.1, -0.05) is 92.6 Å². The van der Waals surface area contributed by atoms with E-state index in [0.717, 1.165) is 63.6 Å². The Morgan fingerprint density at radius 1 is 0.667 bits per heavy atom. The monoisotopic (exact) mass is 743 g/mol. The minimum atomic E-state index is -3.49. The van der Waals surface area contributed by atoms with Gasteiger partial charge >= 0.3 is 0 Å². The second-order valence-electron chi connectivity index (χ2n) is 13.0. The summed E-state index contributed by atoms with van der Waals surface area (Å²) in [6, 6.07) is 40.4. The van der Waals surface area contributed by atoms with Crippen LogP contribution < -0.4 is 26.4 Å². The number of primary amides is 1. The summed E-state index contributed by atoms with van der Waals surface area (Å²) >= 11 is 0. The van der Waals surface area contributed by atoms with Crippen LogP contribution in [0.4, 0.5) is 22.7 Å². The fourth-order valence-corrected chi connectivity index (χ4v) is 6.35. The highest BCUT2D eigenvalue weighted by Gasteiger charge is 2.22. The first-order valence-corrected chi connectivity index (χ1v) is 19.6. The van der Waals surface area contributed by atoms with Crippen LogP contribution in [-0.2, 0) is 14.8 Å². The van der Waals surface area contributed by atoms with Crippen LogP contribution in [0.5, 0.6) is 0 Å². The zero-order valence-electron chi connectivity index (χ0n) is 30.6. The van der Waals surface area contributed by atoms with Crippen LogP contribution in [0.2, 0.25) is 0 Å². The third-order valence-corrected chi connectivity index (χ3v) is 9.45. The van der Waals surface area contributed by atoms with Crippen LogP contribution >= 0.6 is 0 Å². The Morgan fingerprint density at radius 2 is 1.20 bits per heavy atom. The molecule has 0 aromatic heterocycles. The summed E-state index contributed by atoms with van der Waals surface area (Å²) < 4.78 is 24.9. The van der Waals surface area contributed by atoms with Gasteiger partial charge < -0.3 is 21.7 Å². The number of fused-ring (bicyclic) bond motifs is 2. The van der Waals surface area contributed by atoms with E-state index < -0.39 is 22.0 Å². The maximum absolute atomic E-state index is 12.9. The molecule has 0 saturated carbocycles. The van der Waals surface area contributed by atoms with Crippen LogP contribution in [0, 0.1) is 6.92 Å². The average molecular weight is 744 g/mol. The van der Waals surface area contributed by atoms with Crippen LogP contribution in [0.1, 0.15) is 52.5 Å². The van der Waals surface area contributed by atoms with Crippen molar-refractivity contribution in [1.29, 1.82) is 0 Å². The zero-order chi connectivity index (χ0) is 38.7. The van der Waals surface area contributed by atoms with Gasteiger partial charge in [-0.3, -0.25) is 14.4 Å². The van der Waals surface area contributed by atoms with Gasteiger partial charge in [0, 0.05) is 22.6 Å². The molecule has 1 atom stereocenters.